The Morgan fingerprint density at radius 2 is 2.12 bits per heavy atom. The molecule has 2 atom stereocenters. The van der Waals surface area contributed by atoms with Crippen molar-refractivity contribution in [3.05, 3.63) is 35.9 Å². The Kier molecular flexibility index (Phi) is 3.08. The lowest BCUT2D eigenvalue weighted by atomic mass is 10.1. The first-order valence-electron chi connectivity index (χ1n) is 5.47. The second-order valence-electron chi connectivity index (χ2n) is 4.24. The molecule has 3 heteroatoms. The molecule has 0 saturated carbocycles. The van der Waals surface area contributed by atoms with E-state index in [1.165, 1.54) is 12.5 Å². The fourth-order valence-electron chi connectivity index (χ4n) is 1.80. The van der Waals surface area contributed by atoms with E-state index in [-0.39, 0.29) is 11.9 Å². The van der Waals surface area contributed by atoms with Crippen molar-refractivity contribution in [2.45, 2.75) is 32.2 Å². The van der Waals surface area contributed by atoms with E-state index >= 15 is 0 Å². The molecular weight excluding hydrogens is 204 g/mol. The average Bonchev–Trinajstić information content (AvgIpc) is 2.63. The summed E-state index contributed by atoms with van der Waals surface area (Å²) in [7, 11) is 0. The van der Waals surface area contributed by atoms with Gasteiger partial charge in [0.1, 0.15) is 0 Å². The molecule has 1 aliphatic heterocycles. The van der Waals surface area contributed by atoms with Gasteiger partial charge < -0.3 is 9.47 Å². The zero-order chi connectivity index (χ0) is 11.6. The minimum atomic E-state index is -1.04. The van der Waals surface area contributed by atoms with Crippen molar-refractivity contribution in [1.82, 2.24) is 0 Å². The van der Waals surface area contributed by atoms with E-state index < -0.39 is 5.79 Å². The van der Waals surface area contributed by atoms with Gasteiger partial charge in [-0.15, -0.1) is 0 Å². The highest BCUT2D eigenvalue weighted by Crippen LogP contribution is 2.26. The van der Waals surface area contributed by atoms with Gasteiger partial charge in [-0.2, -0.15) is 0 Å². The van der Waals surface area contributed by atoms with Gasteiger partial charge in [0.05, 0.1) is 12.7 Å². The van der Waals surface area contributed by atoms with Crippen molar-refractivity contribution >= 4 is 5.78 Å². The third-order valence-electron chi connectivity index (χ3n) is 2.88. The van der Waals surface area contributed by atoms with Crippen LogP contribution in [0.3, 0.4) is 0 Å². The normalized spacial score (nSPS) is 29.2. The van der Waals surface area contributed by atoms with Crippen molar-refractivity contribution < 1.29 is 14.3 Å². The number of hydrogen-bond acceptors (Lipinski definition) is 3. The van der Waals surface area contributed by atoms with E-state index in [9.17, 15) is 4.79 Å². The predicted octanol–water partition coefficient (Wildman–Crippen LogP) is 1.95. The van der Waals surface area contributed by atoms with Crippen molar-refractivity contribution in [3.8, 4) is 0 Å². The van der Waals surface area contributed by atoms with Gasteiger partial charge in [0, 0.05) is 13.3 Å². The van der Waals surface area contributed by atoms with Crippen LogP contribution in [0.5, 0.6) is 0 Å². The molecule has 1 aliphatic rings. The molecule has 1 saturated heterocycles. The summed E-state index contributed by atoms with van der Waals surface area (Å²) in [6, 6.07) is 10.1. The monoisotopic (exact) mass is 220 g/mol. The van der Waals surface area contributed by atoms with Crippen LogP contribution >= 0.6 is 0 Å². The minimum absolute atomic E-state index is 0.0312. The smallest absolute Gasteiger partial charge is 0.226 e. The third kappa shape index (κ3) is 2.31. The Morgan fingerprint density at radius 3 is 2.69 bits per heavy atom. The standard InChI is InChI=1S/C13H16O3/c1-10(14)13(2)15-9-12(16-13)8-11-6-4-3-5-7-11/h3-7,12H,8-9H2,1-2H3. The molecule has 2 unspecified atom stereocenters. The Labute approximate surface area is 95.4 Å². The number of carbonyl (C=O) groups is 1. The lowest BCUT2D eigenvalue weighted by molar-refractivity contribution is -0.176. The quantitative estimate of drug-likeness (QED) is 0.781. The molecule has 0 spiro atoms. The van der Waals surface area contributed by atoms with Gasteiger partial charge >= 0.3 is 0 Å². The van der Waals surface area contributed by atoms with Crippen LogP contribution in [0.25, 0.3) is 0 Å². The Bertz CT molecular complexity index is 374. The number of hydrogen-bond donors (Lipinski definition) is 0. The molecule has 2 rings (SSSR count). The largest absolute Gasteiger partial charge is 0.341 e. The number of benzene rings is 1. The average molecular weight is 220 g/mol. The summed E-state index contributed by atoms with van der Waals surface area (Å²) in [6.45, 7) is 3.65. The summed E-state index contributed by atoms with van der Waals surface area (Å²) in [4.78, 5) is 11.3. The highest BCUT2D eigenvalue weighted by atomic mass is 16.7. The van der Waals surface area contributed by atoms with Gasteiger partial charge in [-0.05, 0) is 12.5 Å². The zero-order valence-electron chi connectivity index (χ0n) is 9.60. The molecule has 1 heterocycles. The number of Topliss-reactive ketones (excluding diaryl/α,β-unsaturated/α-hetero) is 1. The van der Waals surface area contributed by atoms with E-state index in [1.54, 1.807) is 6.92 Å². The van der Waals surface area contributed by atoms with Crippen LogP contribution < -0.4 is 0 Å². The molecular formula is C13H16O3. The van der Waals surface area contributed by atoms with Gasteiger partial charge in [-0.25, -0.2) is 0 Å². The highest BCUT2D eigenvalue weighted by molar-refractivity contribution is 5.83. The Balaban J connectivity index is 1.98. The second-order valence-corrected chi connectivity index (χ2v) is 4.24. The number of rotatable bonds is 3. The molecule has 1 aromatic rings. The maximum absolute atomic E-state index is 11.3. The van der Waals surface area contributed by atoms with Crippen molar-refractivity contribution in [3.63, 3.8) is 0 Å². The fraction of sp³-hybridized carbons (Fsp3) is 0.462. The van der Waals surface area contributed by atoms with Gasteiger partial charge in [0.25, 0.3) is 0 Å². The first-order valence-corrected chi connectivity index (χ1v) is 5.47. The summed E-state index contributed by atoms with van der Waals surface area (Å²) < 4.78 is 11.1. The SMILES string of the molecule is CC(=O)C1(C)OCC(Cc2ccccc2)O1. The molecule has 0 N–H and O–H groups in total. The van der Waals surface area contributed by atoms with Gasteiger partial charge in [-0.3, -0.25) is 4.79 Å². The van der Waals surface area contributed by atoms with Crippen LogP contribution in [0.4, 0.5) is 0 Å². The first kappa shape index (κ1) is 11.3. The van der Waals surface area contributed by atoms with E-state index in [1.807, 2.05) is 30.3 Å². The molecule has 0 bridgehead atoms. The minimum Gasteiger partial charge on any atom is -0.341 e. The van der Waals surface area contributed by atoms with Crippen LogP contribution in [0.2, 0.25) is 0 Å². The summed E-state index contributed by atoms with van der Waals surface area (Å²) in [5, 5.41) is 0. The van der Waals surface area contributed by atoms with Crippen LogP contribution in [-0.2, 0) is 20.7 Å². The van der Waals surface area contributed by atoms with Gasteiger partial charge in [0.15, 0.2) is 5.78 Å². The van der Waals surface area contributed by atoms with Crippen LogP contribution in [0.1, 0.15) is 19.4 Å². The predicted molar refractivity (Wildman–Crippen MR) is 60.1 cm³/mol. The lowest BCUT2D eigenvalue weighted by Gasteiger charge is -2.19. The topological polar surface area (TPSA) is 35.5 Å². The van der Waals surface area contributed by atoms with Gasteiger partial charge in [-0.1, -0.05) is 30.3 Å². The molecule has 3 nitrogen and oxygen atoms in total. The van der Waals surface area contributed by atoms with Crippen molar-refractivity contribution in [2.24, 2.45) is 0 Å². The summed E-state index contributed by atoms with van der Waals surface area (Å²) in [5.74, 6) is -1.12. The zero-order valence-corrected chi connectivity index (χ0v) is 9.60. The molecule has 0 amide bonds. The Morgan fingerprint density at radius 1 is 1.44 bits per heavy atom. The first-order chi connectivity index (χ1) is 7.60. The van der Waals surface area contributed by atoms with Gasteiger partial charge in [0.2, 0.25) is 5.79 Å². The molecule has 86 valence electrons. The number of carbonyl (C=O) groups excluding carboxylic acids is 1. The van der Waals surface area contributed by atoms with Crippen LogP contribution in [0, 0.1) is 0 Å². The molecule has 0 radical (unpaired) electrons. The number of ketones is 1. The van der Waals surface area contributed by atoms with Crippen molar-refractivity contribution in [2.75, 3.05) is 6.61 Å². The van der Waals surface area contributed by atoms with E-state index in [0.29, 0.717) is 6.61 Å². The van der Waals surface area contributed by atoms with Crippen molar-refractivity contribution in [1.29, 1.82) is 0 Å². The molecule has 16 heavy (non-hydrogen) atoms. The maximum Gasteiger partial charge on any atom is 0.226 e. The third-order valence-corrected chi connectivity index (χ3v) is 2.88. The van der Waals surface area contributed by atoms with E-state index in [2.05, 4.69) is 0 Å². The summed E-state index contributed by atoms with van der Waals surface area (Å²) >= 11 is 0. The molecule has 1 fully saturated rings. The van der Waals surface area contributed by atoms with Crippen LogP contribution in [-0.4, -0.2) is 24.3 Å². The summed E-state index contributed by atoms with van der Waals surface area (Å²) in [5.41, 5.74) is 1.20. The fourth-order valence-corrected chi connectivity index (χ4v) is 1.80. The molecule has 0 aromatic heterocycles. The maximum atomic E-state index is 11.3. The second kappa shape index (κ2) is 4.36. The van der Waals surface area contributed by atoms with E-state index in [0.717, 1.165) is 6.42 Å². The number of ether oxygens (including phenoxy) is 2. The van der Waals surface area contributed by atoms with Crippen LogP contribution in [0.15, 0.2) is 30.3 Å². The molecule has 0 aliphatic carbocycles. The Hall–Kier alpha value is -1.19. The highest BCUT2D eigenvalue weighted by Gasteiger charge is 2.41. The lowest BCUT2D eigenvalue weighted by Crippen LogP contribution is -2.35. The summed E-state index contributed by atoms with van der Waals surface area (Å²) in [6.07, 6.45) is 0.750. The molecule has 1 aromatic carbocycles. The van der Waals surface area contributed by atoms with E-state index in [4.69, 9.17) is 9.47 Å².